The van der Waals surface area contributed by atoms with Crippen molar-refractivity contribution < 1.29 is 5.11 Å². The van der Waals surface area contributed by atoms with Gasteiger partial charge in [0, 0.05) is 35.5 Å². The first-order valence-corrected chi connectivity index (χ1v) is 9.21. The summed E-state index contributed by atoms with van der Waals surface area (Å²) in [5.74, 6) is 6.43. The van der Waals surface area contributed by atoms with Crippen LogP contribution in [0.15, 0.2) is 66.7 Å². The normalized spacial score (nSPS) is 10.3. The van der Waals surface area contributed by atoms with Gasteiger partial charge in [0.1, 0.15) is 0 Å². The maximum absolute atomic E-state index is 8.78. The molecule has 0 aliphatic rings. The first kappa shape index (κ1) is 18.8. The molecule has 0 saturated heterocycles. The monoisotopic (exact) mass is 356 g/mol. The van der Waals surface area contributed by atoms with Crippen LogP contribution in [0.5, 0.6) is 0 Å². The molecule has 0 radical (unpaired) electrons. The van der Waals surface area contributed by atoms with Crippen molar-refractivity contribution in [1.82, 2.24) is 10.3 Å². The van der Waals surface area contributed by atoms with E-state index in [0.717, 1.165) is 47.6 Å². The summed E-state index contributed by atoms with van der Waals surface area (Å²) < 4.78 is 0. The van der Waals surface area contributed by atoms with Crippen LogP contribution < -0.4 is 5.32 Å². The first-order chi connectivity index (χ1) is 13.2. The molecule has 0 saturated carbocycles. The van der Waals surface area contributed by atoms with Crippen molar-refractivity contribution in [3.8, 4) is 23.1 Å². The summed E-state index contributed by atoms with van der Waals surface area (Å²) in [6.45, 7) is 3.86. The van der Waals surface area contributed by atoms with E-state index in [9.17, 15) is 0 Å². The topological polar surface area (TPSA) is 45.1 Å². The summed E-state index contributed by atoms with van der Waals surface area (Å²) in [6.07, 6.45) is 0.780. The van der Waals surface area contributed by atoms with Crippen molar-refractivity contribution in [3.05, 3.63) is 89.1 Å². The number of hydrogen-bond donors (Lipinski definition) is 2. The summed E-state index contributed by atoms with van der Waals surface area (Å²) >= 11 is 0. The van der Waals surface area contributed by atoms with Crippen LogP contribution in [0.3, 0.4) is 0 Å². The maximum Gasteiger partial charge on any atom is 0.0705 e. The third kappa shape index (κ3) is 5.79. The van der Waals surface area contributed by atoms with E-state index in [1.165, 1.54) is 5.56 Å². The highest BCUT2D eigenvalue weighted by Gasteiger charge is 1.99. The lowest BCUT2D eigenvalue weighted by Crippen LogP contribution is -2.15. The van der Waals surface area contributed by atoms with Crippen LogP contribution in [0.4, 0.5) is 0 Å². The fourth-order valence-electron chi connectivity index (χ4n) is 2.72. The average molecular weight is 356 g/mol. The maximum atomic E-state index is 8.78. The lowest BCUT2D eigenvalue weighted by atomic mass is 10.1. The largest absolute Gasteiger partial charge is 0.396 e. The summed E-state index contributed by atoms with van der Waals surface area (Å²) in [5.41, 5.74) is 6.30. The Hall–Kier alpha value is -2.93. The number of nitrogens with zero attached hydrogens (tertiary/aromatic N) is 1. The summed E-state index contributed by atoms with van der Waals surface area (Å²) in [4.78, 5) is 4.55. The molecule has 0 amide bonds. The summed E-state index contributed by atoms with van der Waals surface area (Å²) in [6, 6.07) is 22.5. The Morgan fingerprint density at radius 3 is 2.19 bits per heavy atom. The van der Waals surface area contributed by atoms with Gasteiger partial charge in [0.05, 0.1) is 5.69 Å². The Morgan fingerprint density at radius 2 is 1.56 bits per heavy atom. The number of nitrogens with one attached hydrogen (secondary N) is 1. The van der Waals surface area contributed by atoms with Gasteiger partial charge in [-0.25, -0.2) is 0 Å². The van der Waals surface area contributed by atoms with Crippen LogP contribution in [-0.2, 0) is 6.54 Å². The van der Waals surface area contributed by atoms with E-state index in [1.54, 1.807) is 0 Å². The fraction of sp³-hybridized carbons (Fsp3) is 0.208. The van der Waals surface area contributed by atoms with Gasteiger partial charge >= 0.3 is 0 Å². The van der Waals surface area contributed by atoms with Gasteiger partial charge in [-0.05, 0) is 61.9 Å². The van der Waals surface area contributed by atoms with E-state index < -0.39 is 0 Å². The zero-order chi connectivity index (χ0) is 18.9. The molecule has 3 heteroatoms. The molecule has 3 rings (SSSR count). The van der Waals surface area contributed by atoms with Gasteiger partial charge in [0.15, 0.2) is 0 Å². The Bertz CT molecular complexity index is 919. The molecule has 3 nitrogen and oxygen atoms in total. The Balaban J connectivity index is 1.62. The van der Waals surface area contributed by atoms with Crippen molar-refractivity contribution in [2.24, 2.45) is 0 Å². The van der Waals surface area contributed by atoms with E-state index in [2.05, 4.69) is 46.4 Å². The summed E-state index contributed by atoms with van der Waals surface area (Å²) in [7, 11) is 0. The number of hydrogen-bond acceptors (Lipinski definition) is 3. The second-order valence-corrected chi connectivity index (χ2v) is 6.44. The van der Waals surface area contributed by atoms with E-state index in [4.69, 9.17) is 5.11 Å². The molecule has 3 aromatic rings. The van der Waals surface area contributed by atoms with Gasteiger partial charge in [-0.3, -0.25) is 4.98 Å². The van der Waals surface area contributed by atoms with Crippen LogP contribution >= 0.6 is 0 Å². The minimum atomic E-state index is 0.226. The van der Waals surface area contributed by atoms with Crippen LogP contribution in [0.1, 0.15) is 28.8 Å². The molecule has 0 spiro atoms. The Morgan fingerprint density at radius 1 is 0.889 bits per heavy atom. The lowest BCUT2D eigenvalue weighted by molar-refractivity contribution is 0.286. The number of aliphatic hydroxyl groups is 1. The minimum Gasteiger partial charge on any atom is -0.396 e. The van der Waals surface area contributed by atoms with E-state index in [-0.39, 0.29) is 6.61 Å². The number of aromatic nitrogens is 1. The van der Waals surface area contributed by atoms with Crippen LogP contribution in [-0.4, -0.2) is 23.2 Å². The van der Waals surface area contributed by atoms with Gasteiger partial charge in [0.2, 0.25) is 0 Å². The number of aliphatic hydroxyl groups excluding tert-OH is 1. The lowest BCUT2D eigenvalue weighted by Gasteiger charge is -2.03. The van der Waals surface area contributed by atoms with Crippen molar-refractivity contribution in [2.45, 2.75) is 19.9 Å². The van der Waals surface area contributed by atoms with Crippen molar-refractivity contribution in [2.75, 3.05) is 13.2 Å². The molecule has 0 aliphatic carbocycles. The molecule has 0 fully saturated rings. The van der Waals surface area contributed by atoms with Crippen LogP contribution in [0.2, 0.25) is 0 Å². The van der Waals surface area contributed by atoms with Crippen molar-refractivity contribution >= 4 is 0 Å². The Kier molecular flexibility index (Phi) is 6.76. The standard InChI is InChI=1S/C24H24N2O/c1-19-4-2-5-24(26-19)23-14-12-21(13-15-23)7-6-20-8-10-22(11-9-20)18-25-16-3-17-27/h2,4-5,8-15,25,27H,3,16-18H2,1H3. The highest BCUT2D eigenvalue weighted by molar-refractivity contribution is 5.60. The molecule has 2 N–H and O–H groups in total. The fourth-order valence-corrected chi connectivity index (χ4v) is 2.72. The molecular weight excluding hydrogens is 332 g/mol. The molecule has 0 bridgehead atoms. The third-order valence-corrected chi connectivity index (χ3v) is 4.21. The third-order valence-electron chi connectivity index (χ3n) is 4.21. The highest BCUT2D eigenvalue weighted by atomic mass is 16.3. The number of rotatable bonds is 6. The quantitative estimate of drug-likeness (QED) is 0.520. The SMILES string of the molecule is Cc1cccc(-c2ccc(C#Cc3ccc(CNCCCO)cc3)cc2)n1. The average Bonchev–Trinajstić information content (AvgIpc) is 2.71. The van der Waals surface area contributed by atoms with Gasteiger partial charge < -0.3 is 10.4 Å². The van der Waals surface area contributed by atoms with E-state index >= 15 is 0 Å². The molecule has 136 valence electrons. The molecule has 1 heterocycles. The molecular formula is C24H24N2O. The van der Waals surface area contributed by atoms with Crippen LogP contribution in [0, 0.1) is 18.8 Å². The molecule has 27 heavy (non-hydrogen) atoms. The number of aryl methyl sites for hydroxylation is 1. The first-order valence-electron chi connectivity index (χ1n) is 9.21. The molecule has 0 atom stereocenters. The smallest absolute Gasteiger partial charge is 0.0705 e. The molecule has 0 aliphatic heterocycles. The minimum absolute atomic E-state index is 0.226. The second-order valence-electron chi connectivity index (χ2n) is 6.44. The summed E-state index contributed by atoms with van der Waals surface area (Å²) in [5, 5.41) is 12.1. The number of pyridine rings is 1. The molecule has 2 aromatic carbocycles. The van der Waals surface area contributed by atoms with Gasteiger partial charge in [-0.15, -0.1) is 0 Å². The van der Waals surface area contributed by atoms with Crippen LogP contribution in [0.25, 0.3) is 11.3 Å². The second kappa shape index (κ2) is 9.68. The van der Waals surface area contributed by atoms with Crippen molar-refractivity contribution in [1.29, 1.82) is 0 Å². The predicted molar refractivity (Wildman–Crippen MR) is 110 cm³/mol. The number of benzene rings is 2. The highest BCUT2D eigenvalue weighted by Crippen LogP contribution is 2.17. The van der Waals surface area contributed by atoms with Gasteiger partial charge in [-0.1, -0.05) is 42.2 Å². The van der Waals surface area contributed by atoms with Crippen molar-refractivity contribution in [3.63, 3.8) is 0 Å². The van der Waals surface area contributed by atoms with Gasteiger partial charge in [-0.2, -0.15) is 0 Å². The molecule has 0 unspecified atom stereocenters. The van der Waals surface area contributed by atoms with E-state index in [0.29, 0.717) is 0 Å². The Labute approximate surface area is 161 Å². The zero-order valence-corrected chi connectivity index (χ0v) is 15.6. The van der Waals surface area contributed by atoms with Gasteiger partial charge in [0.25, 0.3) is 0 Å². The zero-order valence-electron chi connectivity index (χ0n) is 15.6. The van der Waals surface area contributed by atoms with E-state index in [1.807, 2.05) is 49.4 Å². The predicted octanol–water partition coefficient (Wildman–Crippen LogP) is 3.93. The molecule has 1 aromatic heterocycles.